The molecule has 39 heavy (non-hydrogen) atoms. The molecule has 5 heteroatoms. The summed E-state index contributed by atoms with van der Waals surface area (Å²) in [6.45, 7) is 6.01. The van der Waals surface area contributed by atoms with E-state index >= 15 is 0 Å². The van der Waals surface area contributed by atoms with Gasteiger partial charge in [-0.2, -0.15) is 0 Å². The number of aromatic nitrogens is 1. The van der Waals surface area contributed by atoms with Crippen molar-refractivity contribution in [1.29, 1.82) is 0 Å². The maximum atomic E-state index is 7.57. The Labute approximate surface area is 233 Å². The first-order valence-corrected chi connectivity index (χ1v) is 15.2. The minimum absolute atomic E-state index is 0.0936. The molecule has 1 aromatic heterocycles. The van der Waals surface area contributed by atoms with Gasteiger partial charge in [-0.25, -0.2) is 0 Å². The van der Waals surface area contributed by atoms with Crippen molar-refractivity contribution in [3.8, 4) is 0 Å². The molecule has 5 nitrogen and oxygen atoms in total. The van der Waals surface area contributed by atoms with Crippen LogP contribution in [0.15, 0.2) is 60.0 Å². The maximum Gasteiger partial charge on any atom is 0.0974 e. The second-order valence-electron chi connectivity index (χ2n) is 13.1. The van der Waals surface area contributed by atoms with Crippen LogP contribution in [0.3, 0.4) is 0 Å². The summed E-state index contributed by atoms with van der Waals surface area (Å²) >= 11 is 0. The fourth-order valence-electron chi connectivity index (χ4n) is 9.46. The van der Waals surface area contributed by atoms with Crippen LogP contribution >= 0.6 is 0 Å². The molecule has 2 saturated carbocycles. The van der Waals surface area contributed by atoms with E-state index in [4.69, 9.17) is 14.2 Å². The third kappa shape index (κ3) is 3.99. The van der Waals surface area contributed by atoms with E-state index in [9.17, 15) is 0 Å². The Morgan fingerprint density at radius 3 is 2.69 bits per heavy atom. The third-order valence-corrected chi connectivity index (χ3v) is 11.4. The summed E-state index contributed by atoms with van der Waals surface area (Å²) in [5, 5.41) is 2.54. The lowest BCUT2D eigenvalue weighted by Crippen LogP contribution is -2.55. The predicted octanol–water partition coefficient (Wildman–Crippen LogP) is 6.44. The zero-order valence-corrected chi connectivity index (χ0v) is 24.0. The smallest absolute Gasteiger partial charge is 0.0974 e. The number of hydrogen-bond donors (Lipinski definition) is 0. The van der Waals surface area contributed by atoms with Gasteiger partial charge in [-0.1, -0.05) is 31.2 Å². The average Bonchev–Trinajstić information content (AvgIpc) is 3.47. The molecular formula is C34H44N2O3. The summed E-state index contributed by atoms with van der Waals surface area (Å²) in [4.78, 5) is 7.00. The molecule has 0 radical (unpaired) electrons. The van der Waals surface area contributed by atoms with Gasteiger partial charge in [-0.05, 0) is 103 Å². The van der Waals surface area contributed by atoms with Gasteiger partial charge in [-0.15, -0.1) is 0 Å². The number of allylic oxidation sites excluding steroid dienone is 1. The monoisotopic (exact) mass is 528 g/mol. The van der Waals surface area contributed by atoms with Gasteiger partial charge >= 0.3 is 0 Å². The molecule has 3 fully saturated rings. The molecule has 5 aliphatic rings. The summed E-state index contributed by atoms with van der Waals surface area (Å²) in [6.07, 6.45) is 18.5. The number of rotatable bonds is 8. The molecule has 3 aliphatic carbocycles. The van der Waals surface area contributed by atoms with Crippen LogP contribution in [0.5, 0.6) is 0 Å². The molecule has 1 aromatic carbocycles. The van der Waals surface area contributed by atoms with Gasteiger partial charge in [0.2, 0.25) is 0 Å². The zero-order valence-electron chi connectivity index (χ0n) is 24.0. The summed E-state index contributed by atoms with van der Waals surface area (Å²) in [7, 11) is 3.61. The van der Waals surface area contributed by atoms with Crippen molar-refractivity contribution in [1.82, 2.24) is 9.88 Å². The Morgan fingerprint density at radius 2 is 1.87 bits per heavy atom. The Bertz CT molecular complexity index is 1300. The number of nitrogens with zero attached hydrogens (tertiary/aromatic N) is 2. The number of pyridine rings is 1. The van der Waals surface area contributed by atoms with E-state index in [1.54, 1.807) is 19.8 Å². The highest BCUT2D eigenvalue weighted by Gasteiger charge is 2.66. The third-order valence-electron chi connectivity index (χ3n) is 11.4. The number of hydrogen-bond acceptors (Lipinski definition) is 5. The van der Waals surface area contributed by atoms with E-state index in [2.05, 4.69) is 53.2 Å². The molecule has 0 unspecified atom stereocenters. The van der Waals surface area contributed by atoms with Crippen LogP contribution in [-0.2, 0) is 14.2 Å². The molecule has 2 spiro atoms. The number of methoxy groups -OCH3 is 2. The van der Waals surface area contributed by atoms with Gasteiger partial charge in [-0.3, -0.25) is 9.88 Å². The molecule has 7 rings (SSSR count). The van der Waals surface area contributed by atoms with Gasteiger partial charge in [0.25, 0.3) is 0 Å². The molecule has 0 amide bonds. The van der Waals surface area contributed by atoms with Crippen LogP contribution in [0.25, 0.3) is 10.8 Å². The van der Waals surface area contributed by atoms with Crippen LogP contribution < -0.4 is 0 Å². The van der Waals surface area contributed by atoms with Gasteiger partial charge < -0.3 is 14.2 Å². The van der Waals surface area contributed by atoms with Crippen molar-refractivity contribution in [3.05, 3.63) is 65.5 Å². The molecule has 2 aliphatic heterocycles. The first-order valence-electron chi connectivity index (χ1n) is 15.2. The number of fused-ring (bicyclic) bond motifs is 2. The molecule has 6 atom stereocenters. The Balaban J connectivity index is 1.18. The fourth-order valence-corrected chi connectivity index (χ4v) is 9.46. The standard InChI is InChI=1S/C34H44N2O3/c1-32-12-10-28-21-27-6-7-29(36(16-18-37-2)17-19-38-3)22-33(27)13-14-34(28,39-33)31(32)9-8-30(32)25-5-4-24-11-15-35-23-26(24)20-25/h4-5,10-11,15,20-21,23,29-31H,6-9,12-14,16-19,22H2,1-3H3/t29-,30+,31+,32+,33+,34+/m0/s1. The molecule has 3 heterocycles. The van der Waals surface area contributed by atoms with Gasteiger partial charge in [0, 0.05) is 51.1 Å². The van der Waals surface area contributed by atoms with Crippen molar-refractivity contribution in [2.75, 3.05) is 40.5 Å². The van der Waals surface area contributed by atoms with E-state index in [1.807, 2.05) is 12.4 Å². The van der Waals surface area contributed by atoms with Crippen LogP contribution in [0.4, 0.5) is 0 Å². The van der Waals surface area contributed by atoms with Gasteiger partial charge in [0.1, 0.15) is 0 Å². The van der Waals surface area contributed by atoms with Crippen LogP contribution in [0.1, 0.15) is 69.8 Å². The highest BCUT2D eigenvalue weighted by atomic mass is 16.5. The fraction of sp³-hybridized carbons (Fsp3) is 0.618. The quantitative estimate of drug-likeness (QED) is 0.395. The van der Waals surface area contributed by atoms with Crippen molar-refractivity contribution >= 4 is 10.8 Å². The lowest BCUT2D eigenvalue weighted by atomic mass is 9.58. The van der Waals surface area contributed by atoms with E-state index in [0.717, 1.165) is 58.4 Å². The Morgan fingerprint density at radius 1 is 1.03 bits per heavy atom. The van der Waals surface area contributed by atoms with E-state index in [-0.39, 0.29) is 16.6 Å². The normalized spacial score (nSPS) is 36.9. The molecule has 208 valence electrons. The number of benzene rings is 1. The second-order valence-corrected chi connectivity index (χ2v) is 13.1. The molecular weight excluding hydrogens is 484 g/mol. The largest absolute Gasteiger partial charge is 0.383 e. The van der Waals surface area contributed by atoms with Crippen molar-refractivity contribution < 1.29 is 14.2 Å². The molecule has 2 bridgehead atoms. The average molecular weight is 529 g/mol. The van der Waals surface area contributed by atoms with Crippen LogP contribution in [0, 0.1) is 11.3 Å². The van der Waals surface area contributed by atoms with E-state index in [0.29, 0.717) is 17.9 Å². The first-order chi connectivity index (χ1) is 19.0. The van der Waals surface area contributed by atoms with Crippen molar-refractivity contribution in [2.24, 2.45) is 11.3 Å². The minimum atomic E-state index is -0.116. The minimum Gasteiger partial charge on any atom is -0.383 e. The van der Waals surface area contributed by atoms with E-state index < -0.39 is 0 Å². The van der Waals surface area contributed by atoms with Gasteiger partial charge in [0.05, 0.1) is 24.4 Å². The molecule has 0 N–H and O–H groups in total. The summed E-state index contributed by atoms with van der Waals surface area (Å²) in [6, 6.07) is 9.73. The highest BCUT2D eigenvalue weighted by molar-refractivity contribution is 5.82. The lowest BCUT2D eigenvalue weighted by Gasteiger charge is -2.55. The Kier molecular flexibility index (Phi) is 6.50. The highest BCUT2D eigenvalue weighted by Crippen LogP contribution is 2.69. The molecule has 1 saturated heterocycles. The predicted molar refractivity (Wildman–Crippen MR) is 155 cm³/mol. The maximum absolute atomic E-state index is 7.57. The topological polar surface area (TPSA) is 43.8 Å². The summed E-state index contributed by atoms with van der Waals surface area (Å²) < 4.78 is 18.5. The van der Waals surface area contributed by atoms with Crippen LogP contribution in [-0.4, -0.2) is 67.7 Å². The zero-order chi connectivity index (χ0) is 26.7. The summed E-state index contributed by atoms with van der Waals surface area (Å²) in [5.41, 5.74) is 4.56. The van der Waals surface area contributed by atoms with Gasteiger partial charge in [0.15, 0.2) is 0 Å². The van der Waals surface area contributed by atoms with Crippen molar-refractivity contribution in [2.45, 2.75) is 81.5 Å². The van der Waals surface area contributed by atoms with E-state index in [1.165, 1.54) is 41.2 Å². The van der Waals surface area contributed by atoms with Crippen LogP contribution in [0.2, 0.25) is 0 Å². The van der Waals surface area contributed by atoms with Crippen molar-refractivity contribution in [3.63, 3.8) is 0 Å². The SMILES string of the molecule is COCCN(CCOC)[C@H]1CCC2=CC3=CC[C@]4(C)[C@@H](c5ccc6ccncc6c5)CC[C@H]4[C@@]34CC[C@]2(C1)O4. The Hall–Kier alpha value is -2.05. The number of ether oxygens (including phenoxy) is 3. The first kappa shape index (κ1) is 25.9. The summed E-state index contributed by atoms with van der Waals surface area (Å²) in [5.74, 6) is 1.12. The second kappa shape index (κ2) is 9.80. The lowest BCUT2D eigenvalue weighted by molar-refractivity contribution is -0.141. The molecule has 2 aromatic rings.